The van der Waals surface area contributed by atoms with Gasteiger partial charge in [0.1, 0.15) is 0 Å². The Labute approximate surface area is 183 Å². The smallest absolute Gasteiger partial charge is 0.150 e. The minimum atomic E-state index is -0.275. The van der Waals surface area contributed by atoms with Crippen molar-refractivity contribution in [2.45, 2.75) is 45.4 Å². The number of piperidine rings is 1. The number of fused-ring (bicyclic) bond motifs is 1. The molecule has 2 aromatic heterocycles. The van der Waals surface area contributed by atoms with E-state index in [1.807, 2.05) is 13.0 Å². The van der Waals surface area contributed by atoms with Gasteiger partial charge in [-0.25, -0.2) is 4.39 Å². The highest BCUT2D eigenvalue weighted by atomic mass is 19.1. The van der Waals surface area contributed by atoms with Crippen molar-refractivity contribution in [2.75, 3.05) is 32.8 Å². The maximum absolute atomic E-state index is 14.7. The molecule has 0 saturated carbocycles. The second-order valence-corrected chi connectivity index (χ2v) is 9.66. The number of aryl methyl sites for hydroxylation is 1. The van der Waals surface area contributed by atoms with Crippen LogP contribution in [0.1, 0.15) is 55.3 Å². The number of aromatic nitrogens is 2. The van der Waals surface area contributed by atoms with Crippen LogP contribution < -0.4 is 0 Å². The van der Waals surface area contributed by atoms with Crippen LogP contribution in [0.2, 0.25) is 0 Å². The van der Waals surface area contributed by atoms with Crippen molar-refractivity contribution in [3.63, 3.8) is 0 Å². The third kappa shape index (κ3) is 4.01. The molecule has 0 aliphatic carbocycles. The van der Waals surface area contributed by atoms with E-state index in [4.69, 9.17) is 4.74 Å². The molecule has 0 unspecified atom stereocenters. The molecule has 31 heavy (non-hydrogen) atoms. The number of H-pyrrole nitrogens is 1. The van der Waals surface area contributed by atoms with Gasteiger partial charge in [0.25, 0.3) is 0 Å². The molecule has 2 aliphatic rings. The fourth-order valence-electron chi connectivity index (χ4n) is 5.24. The lowest BCUT2D eigenvalue weighted by molar-refractivity contribution is -0.0487. The summed E-state index contributed by atoms with van der Waals surface area (Å²) >= 11 is 0. The lowest BCUT2D eigenvalue weighted by Crippen LogP contribution is -2.42. The van der Waals surface area contributed by atoms with Crippen LogP contribution in [-0.2, 0) is 4.74 Å². The second-order valence-electron chi connectivity index (χ2n) is 9.66. The van der Waals surface area contributed by atoms with E-state index in [9.17, 15) is 4.39 Å². The summed E-state index contributed by atoms with van der Waals surface area (Å²) in [5.41, 5.74) is 6.02. The first kappa shape index (κ1) is 20.7. The molecule has 4 nitrogen and oxygen atoms in total. The molecule has 3 aromatic rings. The van der Waals surface area contributed by atoms with Crippen LogP contribution >= 0.6 is 0 Å². The van der Waals surface area contributed by atoms with E-state index >= 15 is 0 Å². The first-order chi connectivity index (χ1) is 15.0. The number of nitrogens with zero attached hydrogens (tertiary/aromatic N) is 2. The Morgan fingerprint density at radius 3 is 2.65 bits per heavy atom. The zero-order valence-corrected chi connectivity index (χ0v) is 18.7. The molecule has 0 radical (unpaired) electrons. The molecule has 2 fully saturated rings. The van der Waals surface area contributed by atoms with Gasteiger partial charge < -0.3 is 14.6 Å². The van der Waals surface area contributed by atoms with Crippen molar-refractivity contribution in [1.82, 2.24) is 14.9 Å². The summed E-state index contributed by atoms with van der Waals surface area (Å²) in [5.74, 6) is 1.34. The number of halogens is 1. The van der Waals surface area contributed by atoms with Gasteiger partial charge in [-0.15, -0.1) is 0 Å². The zero-order chi connectivity index (χ0) is 21.5. The molecular weight excluding hydrogens is 389 g/mol. The Balaban J connectivity index is 1.44. The molecule has 0 bridgehead atoms. The summed E-state index contributed by atoms with van der Waals surface area (Å²) in [5, 5.41) is 1.23. The SMILES string of the molecule is Cc1cc(-c2[nH]c3ccc(C4CCN(CC5COC5)CC4)cc3c2C(C)C)c(F)cn1. The third-order valence-corrected chi connectivity index (χ3v) is 6.98. The number of benzene rings is 1. The van der Waals surface area contributed by atoms with Gasteiger partial charge in [-0.3, -0.25) is 4.98 Å². The van der Waals surface area contributed by atoms with E-state index in [2.05, 4.69) is 46.9 Å². The van der Waals surface area contributed by atoms with E-state index in [0.717, 1.165) is 49.1 Å². The van der Waals surface area contributed by atoms with Crippen molar-refractivity contribution in [3.8, 4) is 11.3 Å². The fourth-order valence-corrected chi connectivity index (χ4v) is 5.24. The second kappa shape index (κ2) is 8.36. The monoisotopic (exact) mass is 421 g/mol. The van der Waals surface area contributed by atoms with Gasteiger partial charge in [-0.1, -0.05) is 19.9 Å². The Morgan fingerprint density at radius 2 is 1.97 bits per heavy atom. The van der Waals surface area contributed by atoms with Gasteiger partial charge in [0, 0.05) is 34.6 Å². The van der Waals surface area contributed by atoms with E-state index in [1.54, 1.807) is 0 Å². The molecule has 1 aromatic carbocycles. The maximum Gasteiger partial charge on any atom is 0.150 e. The average molecular weight is 422 g/mol. The Bertz CT molecular complexity index is 1080. The van der Waals surface area contributed by atoms with Crippen molar-refractivity contribution in [2.24, 2.45) is 5.92 Å². The summed E-state index contributed by atoms with van der Waals surface area (Å²) in [6, 6.07) is 8.65. The van der Waals surface area contributed by atoms with E-state index in [-0.39, 0.29) is 5.82 Å². The molecule has 4 heterocycles. The van der Waals surface area contributed by atoms with Gasteiger partial charge >= 0.3 is 0 Å². The van der Waals surface area contributed by atoms with E-state index in [0.29, 0.717) is 17.4 Å². The number of rotatable bonds is 5. The highest BCUT2D eigenvalue weighted by Gasteiger charge is 2.27. The topological polar surface area (TPSA) is 41.2 Å². The van der Waals surface area contributed by atoms with Gasteiger partial charge in [-0.05, 0) is 74.0 Å². The minimum absolute atomic E-state index is 0.275. The maximum atomic E-state index is 14.7. The number of ether oxygens (including phenoxy) is 1. The Hall–Kier alpha value is -2.24. The van der Waals surface area contributed by atoms with Crippen LogP contribution in [-0.4, -0.2) is 47.7 Å². The fraction of sp³-hybridized carbons (Fsp3) is 0.500. The summed E-state index contributed by atoms with van der Waals surface area (Å²) in [7, 11) is 0. The number of hydrogen-bond acceptors (Lipinski definition) is 3. The first-order valence-corrected chi connectivity index (χ1v) is 11.6. The molecule has 2 saturated heterocycles. The molecule has 0 amide bonds. The summed E-state index contributed by atoms with van der Waals surface area (Å²) in [4.78, 5) is 10.2. The van der Waals surface area contributed by atoms with Crippen molar-refractivity contribution in [1.29, 1.82) is 0 Å². The van der Waals surface area contributed by atoms with Crippen molar-refractivity contribution in [3.05, 3.63) is 53.1 Å². The molecule has 2 aliphatic heterocycles. The molecule has 1 N–H and O–H groups in total. The quantitative estimate of drug-likeness (QED) is 0.581. The average Bonchev–Trinajstić information content (AvgIpc) is 3.11. The van der Waals surface area contributed by atoms with E-state index < -0.39 is 0 Å². The number of hydrogen-bond donors (Lipinski definition) is 1. The lowest BCUT2D eigenvalue weighted by atomic mass is 9.87. The Kier molecular flexibility index (Phi) is 5.57. The molecule has 0 spiro atoms. The predicted octanol–water partition coefficient (Wildman–Crippen LogP) is 5.63. The van der Waals surface area contributed by atoms with Crippen molar-refractivity contribution < 1.29 is 9.13 Å². The summed E-state index contributed by atoms with van der Waals surface area (Å²) in [6.07, 6.45) is 3.73. The van der Waals surface area contributed by atoms with Gasteiger partial charge in [0.15, 0.2) is 5.82 Å². The van der Waals surface area contributed by atoms with Crippen LogP contribution in [0.5, 0.6) is 0 Å². The van der Waals surface area contributed by atoms with Crippen LogP contribution in [0.15, 0.2) is 30.5 Å². The highest BCUT2D eigenvalue weighted by molar-refractivity contribution is 5.92. The molecule has 5 rings (SSSR count). The van der Waals surface area contributed by atoms with Crippen LogP contribution in [0, 0.1) is 18.7 Å². The van der Waals surface area contributed by atoms with E-state index in [1.165, 1.54) is 42.1 Å². The normalized spacial score (nSPS) is 18.7. The Morgan fingerprint density at radius 1 is 1.19 bits per heavy atom. The van der Waals surface area contributed by atoms with Gasteiger partial charge in [-0.2, -0.15) is 0 Å². The largest absolute Gasteiger partial charge is 0.381 e. The third-order valence-electron chi connectivity index (χ3n) is 6.98. The highest BCUT2D eigenvalue weighted by Crippen LogP contribution is 2.39. The summed E-state index contributed by atoms with van der Waals surface area (Å²) in [6.45, 7) is 11.7. The first-order valence-electron chi connectivity index (χ1n) is 11.6. The molecule has 164 valence electrons. The molecule has 0 atom stereocenters. The summed E-state index contributed by atoms with van der Waals surface area (Å²) < 4.78 is 20.0. The lowest BCUT2D eigenvalue weighted by Gasteiger charge is -2.37. The van der Waals surface area contributed by atoms with Crippen LogP contribution in [0.3, 0.4) is 0 Å². The van der Waals surface area contributed by atoms with Gasteiger partial charge in [0.2, 0.25) is 0 Å². The standard InChI is InChI=1S/C26H32FN3O/c1-16(2)25-22-11-20(19-6-8-30(9-7-19)13-18-14-31-15-18)4-5-24(22)29-26(25)21-10-17(3)28-12-23(21)27/h4-5,10-12,16,18-19,29H,6-9,13-15H2,1-3H3. The minimum Gasteiger partial charge on any atom is -0.381 e. The van der Waals surface area contributed by atoms with Crippen LogP contribution in [0.25, 0.3) is 22.2 Å². The number of likely N-dealkylation sites (tertiary alicyclic amines) is 1. The number of nitrogens with one attached hydrogen (secondary N) is 1. The number of aromatic amines is 1. The molecular formula is C26H32FN3O. The zero-order valence-electron chi connectivity index (χ0n) is 18.7. The number of pyridine rings is 1. The van der Waals surface area contributed by atoms with Crippen LogP contribution in [0.4, 0.5) is 4.39 Å². The van der Waals surface area contributed by atoms with Crippen molar-refractivity contribution >= 4 is 10.9 Å². The van der Waals surface area contributed by atoms with Gasteiger partial charge in [0.05, 0.1) is 25.1 Å². The predicted molar refractivity (Wildman–Crippen MR) is 123 cm³/mol. The molecule has 5 heteroatoms.